The molecule has 0 aromatic heterocycles. The van der Waals surface area contributed by atoms with Crippen LogP contribution in [0.3, 0.4) is 0 Å². The van der Waals surface area contributed by atoms with Gasteiger partial charge in [-0.2, -0.15) is 0 Å². The van der Waals surface area contributed by atoms with E-state index >= 15 is 0 Å². The topological polar surface area (TPSA) is 18.5 Å². The minimum Gasteiger partial charge on any atom is -0.313 e. The van der Waals surface area contributed by atoms with Crippen LogP contribution in [0.4, 0.5) is 0 Å². The molecule has 1 aliphatic rings. The molecule has 0 aromatic carbocycles. The summed E-state index contributed by atoms with van der Waals surface area (Å²) in [6.45, 7) is 10.5. The standard InChI is InChI=1S/C14H31N3/c1-13(2)15-8-11-16(3)10-7-14-6-5-9-17(4)12-14/h13-15H,5-12H2,1-4H3. The molecule has 1 atom stereocenters. The largest absolute Gasteiger partial charge is 0.313 e. The second-order valence-electron chi connectivity index (χ2n) is 5.97. The highest BCUT2D eigenvalue weighted by Crippen LogP contribution is 2.18. The van der Waals surface area contributed by atoms with Crippen LogP contribution in [-0.2, 0) is 0 Å². The third-order valence-electron chi connectivity index (χ3n) is 3.69. The molecule has 102 valence electrons. The molecule has 1 rings (SSSR count). The summed E-state index contributed by atoms with van der Waals surface area (Å²) in [6, 6.07) is 0.607. The van der Waals surface area contributed by atoms with Crippen LogP contribution in [0, 0.1) is 5.92 Å². The van der Waals surface area contributed by atoms with Gasteiger partial charge in [0.1, 0.15) is 0 Å². The molecule has 3 nitrogen and oxygen atoms in total. The fourth-order valence-corrected chi connectivity index (χ4v) is 2.57. The van der Waals surface area contributed by atoms with Crippen LogP contribution in [0.2, 0.25) is 0 Å². The molecule has 0 aliphatic carbocycles. The first-order valence-electron chi connectivity index (χ1n) is 7.18. The molecule has 0 aromatic rings. The molecule has 0 radical (unpaired) electrons. The zero-order valence-electron chi connectivity index (χ0n) is 12.2. The van der Waals surface area contributed by atoms with Crippen molar-refractivity contribution in [3.8, 4) is 0 Å². The maximum absolute atomic E-state index is 3.47. The van der Waals surface area contributed by atoms with Crippen LogP contribution in [0.1, 0.15) is 33.1 Å². The number of rotatable bonds is 7. The Morgan fingerprint density at radius 3 is 2.76 bits per heavy atom. The molecule has 1 heterocycles. The van der Waals surface area contributed by atoms with Crippen LogP contribution in [-0.4, -0.2) is 62.7 Å². The highest BCUT2D eigenvalue weighted by atomic mass is 15.1. The van der Waals surface area contributed by atoms with Gasteiger partial charge < -0.3 is 15.1 Å². The molecule has 0 amide bonds. The second-order valence-corrected chi connectivity index (χ2v) is 5.97. The number of likely N-dealkylation sites (tertiary alicyclic amines) is 1. The number of nitrogens with one attached hydrogen (secondary N) is 1. The van der Waals surface area contributed by atoms with Crippen molar-refractivity contribution in [2.75, 3.05) is 46.8 Å². The van der Waals surface area contributed by atoms with Crippen molar-refractivity contribution < 1.29 is 0 Å². The van der Waals surface area contributed by atoms with Gasteiger partial charge in [-0.15, -0.1) is 0 Å². The van der Waals surface area contributed by atoms with Gasteiger partial charge in [0.25, 0.3) is 0 Å². The Bertz CT molecular complexity index is 194. The van der Waals surface area contributed by atoms with Gasteiger partial charge in [0.2, 0.25) is 0 Å². The molecule has 1 unspecified atom stereocenters. The molecule has 1 fully saturated rings. The fourth-order valence-electron chi connectivity index (χ4n) is 2.57. The van der Waals surface area contributed by atoms with Gasteiger partial charge in [-0.25, -0.2) is 0 Å². The van der Waals surface area contributed by atoms with Gasteiger partial charge >= 0.3 is 0 Å². The van der Waals surface area contributed by atoms with E-state index in [0.29, 0.717) is 6.04 Å². The van der Waals surface area contributed by atoms with E-state index in [9.17, 15) is 0 Å². The van der Waals surface area contributed by atoms with Crippen molar-refractivity contribution in [3.63, 3.8) is 0 Å². The molecular weight excluding hydrogens is 210 g/mol. The summed E-state index contributed by atoms with van der Waals surface area (Å²) in [7, 11) is 4.50. The summed E-state index contributed by atoms with van der Waals surface area (Å²) in [6.07, 6.45) is 4.19. The lowest BCUT2D eigenvalue weighted by molar-refractivity contribution is 0.186. The molecular formula is C14H31N3. The van der Waals surface area contributed by atoms with E-state index in [1.165, 1.54) is 45.4 Å². The Kier molecular flexibility index (Phi) is 7.09. The average Bonchev–Trinajstić information content (AvgIpc) is 2.26. The van der Waals surface area contributed by atoms with Crippen LogP contribution in [0.25, 0.3) is 0 Å². The second kappa shape index (κ2) is 8.06. The maximum Gasteiger partial charge on any atom is 0.0104 e. The normalized spacial score (nSPS) is 22.6. The molecule has 17 heavy (non-hydrogen) atoms. The van der Waals surface area contributed by atoms with Crippen molar-refractivity contribution in [1.29, 1.82) is 0 Å². The van der Waals surface area contributed by atoms with Gasteiger partial charge in [-0.05, 0) is 52.4 Å². The van der Waals surface area contributed by atoms with Crippen LogP contribution < -0.4 is 5.32 Å². The third kappa shape index (κ3) is 7.02. The van der Waals surface area contributed by atoms with Crippen molar-refractivity contribution in [3.05, 3.63) is 0 Å². The predicted molar refractivity (Wildman–Crippen MR) is 75.5 cm³/mol. The molecule has 1 N–H and O–H groups in total. The van der Waals surface area contributed by atoms with E-state index in [2.05, 4.69) is 43.1 Å². The van der Waals surface area contributed by atoms with E-state index in [1.807, 2.05) is 0 Å². The Hall–Kier alpha value is -0.120. The fraction of sp³-hybridized carbons (Fsp3) is 1.00. The average molecular weight is 241 g/mol. The van der Waals surface area contributed by atoms with E-state index in [1.54, 1.807) is 0 Å². The molecule has 1 aliphatic heterocycles. The first-order valence-corrected chi connectivity index (χ1v) is 7.18. The predicted octanol–water partition coefficient (Wildman–Crippen LogP) is 1.65. The lowest BCUT2D eigenvalue weighted by Gasteiger charge is -2.30. The van der Waals surface area contributed by atoms with Gasteiger partial charge in [-0.1, -0.05) is 13.8 Å². The van der Waals surface area contributed by atoms with Gasteiger partial charge in [-0.3, -0.25) is 0 Å². The quantitative estimate of drug-likeness (QED) is 0.731. The Morgan fingerprint density at radius 2 is 2.12 bits per heavy atom. The van der Waals surface area contributed by atoms with Crippen molar-refractivity contribution in [2.24, 2.45) is 5.92 Å². The number of likely N-dealkylation sites (N-methyl/N-ethyl adjacent to an activating group) is 1. The lowest BCUT2D eigenvalue weighted by atomic mass is 9.95. The minimum atomic E-state index is 0.607. The van der Waals surface area contributed by atoms with Crippen molar-refractivity contribution in [1.82, 2.24) is 15.1 Å². The number of hydrogen-bond donors (Lipinski definition) is 1. The highest BCUT2D eigenvalue weighted by Gasteiger charge is 2.17. The molecule has 0 bridgehead atoms. The zero-order valence-corrected chi connectivity index (χ0v) is 12.2. The third-order valence-corrected chi connectivity index (χ3v) is 3.69. The minimum absolute atomic E-state index is 0.607. The Morgan fingerprint density at radius 1 is 1.35 bits per heavy atom. The highest BCUT2D eigenvalue weighted by molar-refractivity contribution is 4.71. The summed E-state index contributed by atoms with van der Waals surface area (Å²) in [4.78, 5) is 4.94. The first-order chi connectivity index (χ1) is 8.08. The van der Waals surface area contributed by atoms with E-state index < -0.39 is 0 Å². The maximum atomic E-state index is 3.47. The summed E-state index contributed by atoms with van der Waals surface area (Å²) >= 11 is 0. The van der Waals surface area contributed by atoms with Gasteiger partial charge in [0.15, 0.2) is 0 Å². The summed E-state index contributed by atoms with van der Waals surface area (Å²) < 4.78 is 0. The van der Waals surface area contributed by atoms with Crippen LogP contribution in [0.5, 0.6) is 0 Å². The molecule has 0 saturated carbocycles. The summed E-state index contributed by atoms with van der Waals surface area (Å²) in [5, 5.41) is 3.47. The van der Waals surface area contributed by atoms with E-state index in [-0.39, 0.29) is 0 Å². The first kappa shape index (κ1) is 14.9. The molecule has 1 saturated heterocycles. The van der Waals surface area contributed by atoms with Crippen molar-refractivity contribution in [2.45, 2.75) is 39.2 Å². The van der Waals surface area contributed by atoms with Gasteiger partial charge in [0, 0.05) is 25.7 Å². The van der Waals surface area contributed by atoms with Crippen LogP contribution in [0.15, 0.2) is 0 Å². The zero-order chi connectivity index (χ0) is 12.7. The summed E-state index contributed by atoms with van der Waals surface area (Å²) in [5.74, 6) is 0.925. The molecule has 0 spiro atoms. The van der Waals surface area contributed by atoms with E-state index in [4.69, 9.17) is 0 Å². The number of nitrogens with zero attached hydrogens (tertiary/aromatic N) is 2. The Balaban J connectivity index is 2.04. The monoisotopic (exact) mass is 241 g/mol. The SMILES string of the molecule is CC(C)NCCN(C)CCC1CCCN(C)C1. The smallest absolute Gasteiger partial charge is 0.0104 e. The van der Waals surface area contributed by atoms with Gasteiger partial charge in [0.05, 0.1) is 0 Å². The lowest BCUT2D eigenvalue weighted by Crippen LogP contribution is -2.36. The molecule has 3 heteroatoms. The van der Waals surface area contributed by atoms with E-state index in [0.717, 1.165) is 12.5 Å². The number of piperidine rings is 1. The summed E-state index contributed by atoms with van der Waals surface area (Å²) in [5.41, 5.74) is 0. The van der Waals surface area contributed by atoms with Crippen molar-refractivity contribution >= 4 is 0 Å². The Labute approximate surface area is 108 Å². The van der Waals surface area contributed by atoms with Crippen LogP contribution >= 0.6 is 0 Å². The number of hydrogen-bond acceptors (Lipinski definition) is 3.